The molecule has 0 spiro atoms. The molecule has 0 saturated heterocycles. The van der Waals surface area contributed by atoms with Crippen LogP contribution in [0.5, 0.6) is 0 Å². The number of nitrogens with zero attached hydrogens (tertiary/aromatic N) is 1. The summed E-state index contributed by atoms with van der Waals surface area (Å²) in [6, 6.07) is 8.81. The summed E-state index contributed by atoms with van der Waals surface area (Å²) in [6.07, 6.45) is 2.67. The molecule has 0 fully saturated rings. The van der Waals surface area contributed by atoms with Crippen molar-refractivity contribution < 1.29 is 0 Å². The topological polar surface area (TPSA) is 50.9 Å². The summed E-state index contributed by atoms with van der Waals surface area (Å²) in [7, 11) is 1.97. The fourth-order valence-corrected chi connectivity index (χ4v) is 2.56. The number of anilines is 1. The van der Waals surface area contributed by atoms with E-state index in [9.17, 15) is 0 Å². The Bertz CT molecular complexity index is 585. The summed E-state index contributed by atoms with van der Waals surface area (Å²) in [6.45, 7) is 6.37. The molecule has 2 rings (SSSR count). The van der Waals surface area contributed by atoms with Gasteiger partial charge < -0.3 is 11.1 Å². The van der Waals surface area contributed by atoms with Crippen LogP contribution in [0.1, 0.15) is 33.9 Å². The zero-order chi connectivity index (χ0) is 14.7. The van der Waals surface area contributed by atoms with Gasteiger partial charge in [-0.1, -0.05) is 18.2 Å². The fraction of sp³-hybridized carbons (Fsp3) is 0.353. The molecule has 3 N–H and O–H groups in total. The Labute approximate surface area is 121 Å². The fourth-order valence-electron chi connectivity index (χ4n) is 2.56. The van der Waals surface area contributed by atoms with E-state index in [0.717, 1.165) is 12.0 Å². The molecule has 0 amide bonds. The summed E-state index contributed by atoms with van der Waals surface area (Å²) >= 11 is 0. The van der Waals surface area contributed by atoms with Gasteiger partial charge in [0.2, 0.25) is 0 Å². The molecule has 0 saturated carbocycles. The average Bonchev–Trinajstić information content (AvgIpc) is 2.41. The van der Waals surface area contributed by atoms with Crippen LogP contribution < -0.4 is 11.1 Å². The van der Waals surface area contributed by atoms with Gasteiger partial charge in [0.05, 0.1) is 0 Å². The minimum absolute atomic E-state index is 0.186. The van der Waals surface area contributed by atoms with E-state index >= 15 is 0 Å². The molecule has 0 bridgehead atoms. The van der Waals surface area contributed by atoms with Gasteiger partial charge in [-0.25, -0.2) is 4.98 Å². The Morgan fingerprint density at radius 2 is 1.85 bits per heavy atom. The van der Waals surface area contributed by atoms with Crippen molar-refractivity contribution in [3.8, 4) is 0 Å². The third kappa shape index (κ3) is 2.99. The Balaban J connectivity index is 2.31. The van der Waals surface area contributed by atoms with E-state index in [0.29, 0.717) is 5.82 Å². The molecular formula is C17H23N3. The van der Waals surface area contributed by atoms with E-state index < -0.39 is 0 Å². The van der Waals surface area contributed by atoms with E-state index in [4.69, 9.17) is 5.73 Å². The third-order valence-corrected chi connectivity index (χ3v) is 3.95. The van der Waals surface area contributed by atoms with Gasteiger partial charge in [0.1, 0.15) is 5.82 Å². The molecule has 0 radical (unpaired) electrons. The van der Waals surface area contributed by atoms with Crippen LogP contribution in [-0.4, -0.2) is 12.0 Å². The summed E-state index contributed by atoms with van der Waals surface area (Å²) in [5.41, 5.74) is 12.3. The lowest BCUT2D eigenvalue weighted by molar-refractivity contribution is 0.588. The molecule has 1 aromatic carbocycles. The smallest absolute Gasteiger partial charge is 0.128 e. The zero-order valence-electron chi connectivity index (χ0n) is 12.7. The summed E-state index contributed by atoms with van der Waals surface area (Å²) in [4.78, 5) is 4.22. The van der Waals surface area contributed by atoms with Crippen LogP contribution in [0.3, 0.4) is 0 Å². The van der Waals surface area contributed by atoms with Crippen molar-refractivity contribution in [2.45, 2.75) is 33.2 Å². The Morgan fingerprint density at radius 3 is 2.45 bits per heavy atom. The van der Waals surface area contributed by atoms with Gasteiger partial charge in [0, 0.05) is 17.8 Å². The zero-order valence-corrected chi connectivity index (χ0v) is 12.7. The highest BCUT2D eigenvalue weighted by atomic mass is 14.9. The van der Waals surface area contributed by atoms with Gasteiger partial charge in [0.15, 0.2) is 0 Å². The summed E-state index contributed by atoms with van der Waals surface area (Å²) in [5.74, 6) is 0.619. The number of nitrogens with two attached hydrogens (primary N) is 1. The van der Waals surface area contributed by atoms with Crippen molar-refractivity contribution in [1.82, 2.24) is 10.3 Å². The van der Waals surface area contributed by atoms with Crippen molar-refractivity contribution in [1.29, 1.82) is 0 Å². The largest absolute Gasteiger partial charge is 0.383 e. The molecule has 3 heteroatoms. The van der Waals surface area contributed by atoms with E-state index in [1.807, 2.05) is 13.1 Å². The van der Waals surface area contributed by atoms with Crippen molar-refractivity contribution in [2.75, 3.05) is 12.8 Å². The number of aryl methyl sites for hydroxylation is 3. The number of nitrogens with one attached hydrogen (secondary N) is 1. The minimum Gasteiger partial charge on any atom is -0.383 e. The van der Waals surface area contributed by atoms with Gasteiger partial charge in [0.25, 0.3) is 0 Å². The summed E-state index contributed by atoms with van der Waals surface area (Å²) in [5, 5.41) is 3.36. The van der Waals surface area contributed by atoms with E-state index in [2.05, 4.69) is 49.3 Å². The van der Waals surface area contributed by atoms with Crippen LogP contribution in [0.25, 0.3) is 0 Å². The number of aromatic nitrogens is 1. The molecule has 20 heavy (non-hydrogen) atoms. The van der Waals surface area contributed by atoms with E-state index in [1.54, 1.807) is 6.20 Å². The van der Waals surface area contributed by atoms with Crippen LogP contribution in [0.2, 0.25) is 0 Å². The first-order valence-corrected chi connectivity index (χ1v) is 6.97. The lowest BCUT2D eigenvalue weighted by Crippen LogP contribution is -2.21. The highest BCUT2D eigenvalue weighted by Crippen LogP contribution is 2.26. The number of likely N-dealkylation sites (N-methyl/N-ethyl adjacent to an activating group) is 1. The lowest BCUT2D eigenvalue weighted by atomic mass is 9.94. The first kappa shape index (κ1) is 14.5. The average molecular weight is 269 g/mol. The number of nitrogen functional groups attached to an aromatic ring is 1. The maximum atomic E-state index is 6.05. The molecule has 0 aliphatic rings. The molecule has 1 atom stereocenters. The molecule has 3 nitrogen and oxygen atoms in total. The highest BCUT2D eigenvalue weighted by Gasteiger charge is 2.16. The van der Waals surface area contributed by atoms with Crippen molar-refractivity contribution in [3.05, 3.63) is 58.3 Å². The number of rotatable bonds is 4. The molecule has 106 valence electrons. The molecule has 0 aliphatic heterocycles. The SMILES string of the molecule is CNC(Cc1ccc(C)c(C)c1)c1c(C)ccnc1N. The Kier molecular flexibility index (Phi) is 4.40. The normalized spacial score (nSPS) is 12.4. The van der Waals surface area contributed by atoms with Crippen LogP contribution in [0.4, 0.5) is 5.82 Å². The lowest BCUT2D eigenvalue weighted by Gasteiger charge is -2.20. The van der Waals surface area contributed by atoms with Crippen LogP contribution in [0, 0.1) is 20.8 Å². The molecule has 1 heterocycles. The van der Waals surface area contributed by atoms with Crippen molar-refractivity contribution in [3.63, 3.8) is 0 Å². The van der Waals surface area contributed by atoms with E-state index in [1.165, 1.54) is 22.3 Å². The quantitative estimate of drug-likeness (QED) is 0.896. The second-order valence-electron chi connectivity index (χ2n) is 5.39. The second-order valence-corrected chi connectivity index (χ2v) is 5.39. The third-order valence-electron chi connectivity index (χ3n) is 3.95. The molecule has 1 aromatic heterocycles. The number of hydrogen-bond acceptors (Lipinski definition) is 3. The Hall–Kier alpha value is -1.87. The first-order valence-electron chi connectivity index (χ1n) is 6.97. The Morgan fingerprint density at radius 1 is 1.10 bits per heavy atom. The monoisotopic (exact) mass is 269 g/mol. The van der Waals surface area contributed by atoms with Gasteiger partial charge in [-0.2, -0.15) is 0 Å². The van der Waals surface area contributed by atoms with Crippen molar-refractivity contribution >= 4 is 5.82 Å². The molecular weight excluding hydrogens is 246 g/mol. The van der Waals surface area contributed by atoms with Crippen LogP contribution in [0.15, 0.2) is 30.5 Å². The first-order chi connectivity index (χ1) is 9.52. The highest BCUT2D eigenvalue weighted by molar-refractivity contribution is 5.47. The number of pyridine rings is 1. The number of benzene rings is 1. The number of hydrogen-bond donors (Lipinski definition) is 2. The molecule has 2 aromatic rings. The maximum Gasteiger partial charge on any atom is 0.128 e. The standard InChI is InChI=1S/C17H23N3/c1-11-5-6-14(9-13(11)3)10-15(19-4)16-12(2)7-8-20-17(16)18/h5-9,15,19H,10H2,1-4H3,(H2,18,20). The van der Waals surface area contributed by atoms with Gasteiger partial charge >= 0.3 is 0 Å². The van der Waals surface area contributed by atoms with E-state index in [-0.39, 0.29) is 6.04 Å². The van der Waals surface area contributed by atoms with Crippen LogP contribution >= 0.6 is 0 Å². The van der Waals surface area contributed by atoms with Crippen LogP contribution in [-0.2, 0) is 6.42 Å². The molecule has 1 unspecified atom stereocenters. The maximum absolute atomic E-state index is 6.05. The van der Waals surface area contributed by atoms with Gasteiger partial charge in [-0.15, -0.1) is 0 Å². The predicted octanol–water partition coefficient (Wildman–Crippen LogP) is 3.09. The minimum atomic E-state index is 0.186. The second kappa shape index (κ2) is 6.06. The van der Waals surface area contributed by atoms with Crippen molar-refractivity contribution in [2.24, 2.45) is 0 Å². The summed E-state index contributed by atoms with van der Waals surface area (Å²) < 4.78 is 0. The predicted molar refractivity (Wildman–Crippen MR) is 84.8 cm³/mol. The van der Waals surface area contributed by atoms with Gasteiger partial charge in [-0.3, -0.25) is 0 Å². The molecule has 0 aliphatic carbocycles. The van der Waals surface area contributed by atoms with Gasteiger partial charge in [-0.05, 0) is 62.6 Å².